The highest BCUT2D eigenvalue weighted by Gasteiger charge is 2.28. The first-order valence-electron chi connectivity index (χ1n) is 10.5. The lowest BCUT2D eigenvalue weighted by Gasteiger charge is -2.23. The predicted molar refractivity (Wildman–Crippen MR) is 113 cm³/mol. The zero-order valence-corrected chi connectivity index (χ0v) is 17.9. The molecular weight excluding hydrogens is 386 g/mol. The van der Waals surface area contributed by atoms with Crippen molar-refractivity contribution in [3.05, 3.63) is 39.2 Å². The largest absolute Gasteiger partial charge is 0.480 e. The smallest absolute Gasteiger partial charge is 0.339 e. The Morgan fingerprint density at radius 3 is 2.50 bits per heavy atom. The fourth-order valence-corrected chi connectivity index (χ4v) is 3.95. The Morgan fingerprint density at radius 2 is 1.87 bits per heavy atom. The van der Waals surface area contributed by atoms with Crippen LogP contribution in [0.5, 0.6) is 5.75 Å². The van der Waals surface area contributed by atoms with E-state index in [0.29, 0.717) is 23.3 Å². The molecule has 0 bridgehead atoms. The summed E-state index contributed by atoms with van der Waals surface area (Å²) < 4.78 is 11.4. The maximum atomic E-state index is 12.5. The number of carbonyl (C=O) groups is 2. The van der Waals surface area contributed by atoms with Crippen molar-refractivity contribution >= 4 is 22.8 Å². The summed E-state index contributed by atoms with van der Waals surface area (Å²) in [6.45, 7) is 7.01. The molecule has 0 spiro atoms. The molecule has 2 aromatic rings. The van der Waals surface area contributed by atoms with Gasteiger partial charge in [-0.05, 0) is 63.1 Å². The van der Waals surface area contributed by atoms with Gasteiger partial charge in [0.2, 0.25) is 0 Å². The highest BCUT2D eigenvalue weighted by atomic mass is 16.5. The summed E-state index contributed by atoms with van der Waals surface area (Å²) in [5, 5.41) is 12.9. The molecule has 0 saturated carbocycles. The molecule has 1 unspecified atom stereocenters. The number of nitrogens with one attached hydrogen (secondary N) is 1. The van der Waals surface area contributed by atoms with Crippen molar-refractivity contribution < 1.29 is 23.8 Å². The van der Waals surface area contributed by atoms with Crippen LogP contribution in [0.3, 0.4) is 0 Å². The van der Waals surface area contributed by atoms with Gasteiger partial charge >= 0.3 is 11.6 Å². The number of aryl methyl sites for hydroxylation is 2. The van der Waals surface area contributed by atoms with Gasteiger partial charge in [-0.15, -0.1) is 0 Å². The number of benzene rings is 1. The third kappa shape index (κ3) is 4.20. The number of carboxylic acid groups (broad SMARTS) is 1. The number of aliphatic carboxylic acids is 1. The van der Waals surface area contributed by atoms with E-state index in [1.165, 1.54) is 0 Å². The van der Waals surface area contributed by atoms with E-state index in [1.54, 1.807) is 26.8 Å². The van der Waals surface area contributed by atoms with Crippen molar-refractivity contribution in [1.29, 1.82) is 0 Å². The van der Waals surface area contributed by atoms with Gasteiger partial charge in [-0.2, -0.15) is 0 Å². The van der Waals surface area contributed by atoms with Gasteiger partial charge in [0.25, 0.3) is 5.91 Å². The Morgan fingerprint density at radius 1 is 1.20 bits per heavy atom. The van der Waals surface area contributed by atoms with Gasteiger partial charge in [0, 0.05) is 16.5 Å². The first-order valence-corrected chi connectivity index (χ1v) is 10.5. The summed E-state index contributed by atoms with van der Waals surface area (Å²) in [7, 11) is 0. The minimum Gasteiger partial charge on any atom is -0.480 e. The molecule has 0 aliphatic heterocycles. The molecule has 0 fully saturated rings. The lowest BCUT2D eigenvalue weighted by Crippen LogP contribution is -2.49. The van der Waals surface area contributed by atoms with E-state index in [2.05, 4.69) is 5.32 Å². The van der Waals surface area contributed by atoms with Crippen LogP contribution in [0.25, 0.3) is 11.0 Å². The molecule has 0 radical (unpaired) electrons. The van der Waals surface area contributed by atoms with Gasteiger partial charge in [0.05, 0.1) is 0 Å². The molecule has 0 saturated heterocycles. The number of ether oxygens (including phenoxy) is 1. The monoisotopic (exact) mass is 415 g/mol. The predicted octanol–water partition coefficient (Wildman–Crippen LogP) is 3.36. The Hall–Kier alpha value is -2.83. The van der Waals surface area contributed by atoms with E-state index < -0.39 is 24.0 Å². The third-order valence-corrected chi connectivity index (χ3v) is 6.04. The second-order valence-corrected chi connectivity index (χ2v) is 8.09. The van der Waals surface area contributed by atoms with Gasteiger partial charge in [-0.1, -0.05) is 20.3 Å². The van der Waals surface area contributed by atoms with E-state index in [1.807, 2.05) is 13.0 Å². The van der Waals surface area contributed by atoms with Crippen molar-refractivity contribution in [1.82, 2.24) is 5.32 Å². The molecule has 1 heterocycles. The molecule has 2 N–H and O–H groups in total. The number of carboxylic acids is 1. The maximum Gasteiger partial charge on any atom is 0.339 e. The average molecular weight is 415 g/mol. The lowest BCUT2D eigenvalue weighted by molar-refractivity contribution is -0.144. The first kappa shape index (κ1) is 21.9. The molecule has 1 aromatic heterocycles. The van der Waals surface area contributed by atoms with Crippen LogP contribution in [0.4, 0.5) is 0 Å². The number of fused-ring (bicyclic) bond motifs is 3. The molecule has 7 heteroatoms. The van der Waals surface area contributed by atoms with E-state index in [0.717, 1.165) is 42.2 Å². The number of rotatable bonds is 7. The molecule has 30 heavy (non-hydrogen) atoms. The van der Waals surface area contributed by atoms with Gasteiger partial charge in [-0.3, -0.25) is 4.79 Å². The van der Waals surface area contributed by atoms with E-state index in [4.69, 9.17) is 9.15 Å². The Labute approximate surface area is 175 Å². The lowest BCUT2D eigenvalue weighted by atomic mass is 9.90. The Kier molecular flexibility index (Phi) is 6.48. The second-order valence-electron chi connectivity index (χ2n) is 8.09. The zero-order valence-electron chi connectivity index (χ0n) is 17.9. The van der Waals surface area contributed by atoms with Crippen LogP contribution in [0.1, 0.15) is 56.7 Å². The van der Waals surface area contributed by atoms with Crippen molar-refractivity contribution in [2.75, 3.05) is 0 Å². The van der Waals surface area contributed by atoms with Crippen molar-refractivity contribution in [2.24, 2.45) is 5.92 Å². The van der Waals surface area contributed by atoms with Crippen molar-refractivity contribution in [3.63, 3.8) is 0 Å². The number of hydrogen-bond acceptors (Lipinski definition) is 5. The normalized spacial score (nSPS) is 16.4. The highest BCUT2D eigenvalue weighted by molar-refractivity contribution is 5.88. The fraction of sp³-hybridized carbons (Fsp3) is 0.522. The van der Waals surface area contributed by atoms with Gasteiger partial charge < -0.3 is 19.6 Å². The van der Waals surface area contributed by atoms with E-state index >= 15 is 0 Å². The topological polar surface area (TPSA) is 106 Å². The van der Waals surface area contributed by atoms with Crippen LogP contribution in [-0.4, -0.2) is 29.1 Å². The molecule has 1 aliphatic carbocycles. The summed E-state index contributed by atoms with van der Waals surface area (Å²) in [6.07, 6.45) is 3.34. The SMILES string of the molecule is CC[C@H](C)[C@H](NC(=O)C(C)Oc1ccc2c3c(c(=O)oc2c1C)CCCC3)C(=O)O. The number of amides is 1. The summed E-state index contributed by atoms with van der Waals surface area (Å²) in [5.41, 5.74) is 2.63. The van der Waals surface area contributed by atoms with E-state index in [9.17, 15) is 19.5 Å². The minimum absolute atomic E-state index is 0.207. The fourth-order valence-electron chi connectivity index (χ4n) is 3.95. The van der Waals surface area contributed by atoms with Crippen LogP contribution >= 0.6 is 0 Å². The van der Waals surface area contributed by atoms with Crippen LogP contribution < -0.4 is 15.7 Å². The van der Waals surface area contributed by atoms with Gasteiger partial charge in [0.15, 0.2) is 6.10 Å². The average Bonchev–Trinajstić information content (AvgIpc) is 2.73. The number of carbonyl (C=O) groups excluding carboxylic acids is 1. The molecule has 162 valence electrons. The Balaban J connectivity index is 1.85. The number of hydrogen-bond donors (Lipinski definition) is 2. The summed E-state index contributed by atoms with van der Waals surface area (Å²) in [4.78, 5) is 36.4. The van der Waals surface area contributed by atoms with Gasteiger partial charge in [0.1, 0.15) is 17.4 Å². The minimum atomic E-state index is -1.07. The molecule has 1 aliphatic rings. The maximum absolute atomic E-state index is 12.5. The molecule has 3 atom stereocenters. The highest BCUT2D eigenvalue weighted by Crippen LogP contribution is 2.33. The molecule has 1 amide bonds. The van der Waals surface area contributed by atoms with Crippen LogP contribution in [-0.2, 0) is 22.4 Å². The van der Waals surface area contributed by atoms with E-state index in [-0.39, 0.29) is 11.5 Å². The van der Waals surface area contributed by atoms with Crippen molar-refractivity contribution in [3.8, 4) is 5.75 Å². The van der Waals surface area contributed by atoms with Crippen LogP contribution in [0.2, 0.25) is 0 Å². The molecule has 7 nitrogen and oxygen atoms in total. The summed E-state index contributed by atoms with van der Waals surface area (Å²) in [5.74, 6) is -1.35. The Bertz CT molecular complexity index is 1020. The summed E-state index contributed by atoms with van der Waals surface area (Å²) >= 11 is 0. The quantitative estimate of drug-likeness (QED) is 0.672. The molecule has 3 rings (SSSR count). The third-order valence-electron chi connectivity index (χ3n) is 6.04. The summed E-state index contributed by atoms with van der Waals surface area (Å²) in [6, 6.07) is 2.67. The van der Waals surface area contributed by atoms with Gasteiger partial charge in [-0.25, -0.2) is 9.59 Å². The molecule has 1 aromatic carbocycles. The zero-order chi connectivity index (χ0) is 22.0. The van der Waals surface area contributed by atoms with Crippen LogP contribution in [0.15, 0.2) is 21.3 Å². The van der Waals surface area contributed by atoms with Crippen LogP contribution in [0, 0.1) is 12.8 Å². The second kappa shape index (κ2) is 8.90. The standard InChI is InChI=1S/C23H29NO6/c1-5-12(2)19(22(26)27)24-21(25)14(4)29-18-11-10-16-15-8-6-7-9-17(15)23(28)30-20(16)13(18)3/h10-12,14,19H,5-9H2,1-4H3,(H,24,25)(H,26,27)/t12-,14?,19-/m0/s1. The molecular formula is C23H29NO6. The first-order chi connectivity index (χ1) is 14.2. The van der Waals surface area contributed by atoms with Crippen molar-refractivity contribution in [2.45, 2.75) is 71.9 Å².